The summed E-state index contributed by atoms with van der Waals surface area (Å²) in [5, 5.41) is 45.1. The topological polar surface area (TPSA) is 200 Å². The number of fused-ring (bicyclic) bond motifs is 6. The van der Waals surface area contributed by atoms with Crippen LogP contribution in [-0.2, 0) is 30.1 Å². The maximum absolute atomic E-state index is 13.9. The zero-order valence-electron chi connectivity index (χ0n) is 25.7. The van der Waals surface area contributed by atoms with Gasteiger partial charge in [0.15, 0.2) is 24.6 Å². The second-order valence-electron chi connectivity index (χ2n) is 12.6. The molecule has 0 amide bonds. The number of hydrogen-bond donors (Lipinski definition) is 5. The summed E-state index contributed by atoms with van der Waals surface area (Å²) in [6.07, 6.45) is -3.95. The third-order valence-corrected chi connectivity index (χ3v) is 10.1. The lowest BCUT2D eigenvalue weighted by atomic mass is 9.71. The smallest absolute Gasteiger partial charge is 0.202 e. The number of aromatic hydroxyl groups is 2. The van der Waals surface area contributed by atoms with Crippen LogP contribution in [0.5, 0.6) is 17.2 Å². The molecule has 0 bridgehead atoms. The average Bonchev–Trinajstić information content (AvgIpc) is 3.43. The van der Waals surface area contributed by atoms with Crippen molar-refractivity contribution < 1.29 is 58.4 Å². The van der Waals surface area contributed by atoms with Crippen molar-refractivity contribution in [1.29, 1.82) is 0 Å². The molecular weight excluding hydrogens is 604 g/mol. The van der Waals surface area contributed by atoms with Gasteiger partial charge in [0.1, 0.15) is 23.4 Å². The third kappa shape index (κ3) is 4.58. The SMILES string of the molecule is COc1cccc2c1C(=O)c1c(O)c3c(c(O)c1C2=O)C[C@@](O)([C@@H](N)CO)C[C@@H]3O[C@H]1C[C@H]2[C@H](O[C@@H]3[C@@H](OC)OCCN32)[C@H](C)O1. The van der Waals surface area contributed by atoms with Crippen LogP contribution >= 0.6 is 0 Å². The first-order valence-electron chi connectivity index (χ1n) is 15.3. The molecular formula is C32H38N2O12. The van der Waals surface area contributed by atoms with E-state index in [-0.39, 0.29) is 64.1 Å². The standard InChI is InChI=1S/C32H38N2O12/c1-13-29-16(34-7-8-43-31(42-3)30(34)46-29)9-20(44-13)45-18-11-32(40,19(33)12-35)10-15-22(18)28(39)24-23(26(15)37)25(36)14-5-4-6-17(41-2)21(14)27(24)38/h4-6,13,16,18-20,29-31,35,37,39-40H,7-12,33H2,1-3H3/t13-,16-,18-,19-,20-,29+,30+,31-,32-/m0/s1. The Hall–Kier alpha value is -3.18. The predicted octanol–water partition coefficient (Wildman–Crippen LogP) is 0.470. The molecule has 2 aromatic carbocycles. The number of carbonyl (C=O) groups excluding carboxylic acids is 2. The summed E-state index contributed by atoms with van der Waals surface area (Å²) in [6.45, 7) is 2.32. The molecule has 46 heavy (non-hydrogen) atoms. The molecule has 3 fully saturated rings. The number of methoxy groups -OCH3 is 2. The van der Waals surface area contributed by atoms with Gasteiger partial charge in [0.25, 0.3) is 0 Å². The normalized spacial score (nSPS) is 34.3. The lowest BCUT2D eigenvalue weighted by Gasteiger charge is -2.45. The van der Waals surface area contributed by atoms with Gasteiger partial charge in [0.2, 0.25) is 5.78 Å². The first kappa shape index (κ1) is 31.4. The number of phenolic OH excluding ortho intramolecular Hbond substituents is 2. The highest BCUT2D eigenvalue weighted by atomic mass is 16.7. The molecule has 0 radical (unpaired) electrons. The molecule has 0 saturated carbocycles. The molecule has 7 rings (SSSR count). The Morgan fingerprint density at radius 2 is 1.87 bits per heavy atom. The summed E-state index contributed by atoms with van der Waals surface area (Å²) in [4.78, 5) is 29.8. The Labute approximate surface area is 264 Å². The van der Waals surface area contributed by atoms with Crippen LogP contribution in [0.3, 0.4) is 0 Å². The number of aliphatic hydroxyl groups excluding tert-OH is 1. The van der Waals surface area contributed by atoms with E-state index in [0.717, 1.165) is 0 Å². The van der Waals surface area contributed by atoms with Crippen LogP contribution in [0, 0.1) is 0 Å². The Bertz CT molecular complexity index is 1580. The molecule has 2 aliphatic carbocycles. The molecule has 3 aliphatic heterocycles. The van der Waals surface area contributed by atoms with Crippen LogP contribution in [0.25, 0.3) is 0 Å². The number of ketones is 2. The maximum atomic E-state index is 13.9. The van der Waals surface area contributed by atoms with Crippen LogP contribution in [-0.4, -0.2) is 120 Å². The van der Waals surface area contributed by atoms with E-state index < -0.39 is 72.3 Å². The zero-order valence-corrected chi connectivity index (χ0v) is 25.7. The highest BCUT2D eigenvalue weighted by Gasteiger charge is 2.55. The molecule has 3 saturated heterocycles. The first-order chi connectivity index (χ1) is 22.0. The van der Waals surface area contributed by atoms with Gasteiger partial charge in [-0.2, -0.15) is 0 Å². The van der Waals surface area contributed by atoms with Gasteiger partial charge < -0.3 is 54.6 Å². The first-order valence-corrected chi connectivity index (χ1v) is 15.3. The molecule has 3 heterocycles. The summed E-state index contributed by atoms with van der Waals surface area (Å²) in [7, 11) is 2.92. The molecule has 248 valence electrons. The van der Waals surface area contributed by atoms with Gasteiger partial charge >= 0.3 is 0 Å². The van der Waals surface area contributed by atoms with E-state index in [9.17, 15) is 30.0 Å². The number of phenols is 2. The molecule has 9 atom stereocenters. The highest BCUT2D eigenvalue weighted by Crippen LogP contribution is 2.53. The van der Waals surface area contributed by atoms with E-state index in [1.54, 1.807) is 13.2 Å². The van der Waals surface area contributed by atoms with Crippen molar-refractivity contribution in [2.45, 2.75) is 81.0 Å². The van der Waals surface area contributed by atoms with Gasteiger partial charge in [-0.25, -0.2) is 0 Å². The van der Waals surface area contributed by atoms with Crippen LogP contribution < -0.4 is 10.5 Å². The van der Waals surface area contributed by atoms with Crippen molar-refractivity contribution in [1.82, 2.24) is 4.90 Å². The minimum atomic E-state index is -1.81. The van der Waals surface area contributed by atoms with Gasteiger partial charge in [0.05, 0.1) is 60.9 Å². The Morgan fingerprint density at radius 1 is 1.11 bits per heavy atom. The summed E-state index contributed by atoms with van der Waals surface area (Å²) in [5.74, 6) is -2.38. The van der Waals surface area contributed by atoms with Gasteiger partial charge in [-0.15, -0.1) is 0 Å². The summed E-state index contributed by atoms with van der Waals surface area (Å²) in [6, 6.07) is 3.23. The molecule has 2 aromatic rings. The summed E-state index contributed by atoms with van der Waals surface area (Å²) >= 11 is 0. The highest BCUT2D eigenvalue weighted by molar-refractivity contribution is 6.31. The van der Waals surface area contributed by atoms with E-state index in [1.807, 2.05) is 6.92 Å². The monoisotopic (exact) mass is 642 g/mol. The molecule has 5 aliphatic rings. The Kier molecular flexibility index (Phi) is 7.86. The molecule has 14 heteroatoms. The maximum Gasteiger partial charge on any atom is 0.202 e. The number of nitrogens with two attached hydrogens (primary N) is 1. The van der Waals surface area contributed by atoms with Crippen LogP contribution in [0.4, 0.5) is 0 Å². The predicted molar refractivity (Wildman–Crippen MR) is 157 cm³/mol. The van der Waals surface area contributed by atoms with E-state index in [0.29, 0.717) is 19.6 Å². The fourth-order valence-corrected chi connectivity index (χ4v) is 7.81. The molecule has 0 aromatic heterocycles. The van der Waals surface area contributed by atoms with Crippen molar-refractivity contribution >= 4 is 11.6 Å². The minimum absolute atomic E-state index is 0.00601. The molecule has 14 nitrogen and oxygen atoms in total. The van der Waals surface area contributed by atoms with Gasteiger partial charge in [-0.3, -0.25) is 14.5 Å². The third-order valence-electron chi connectivity index (χ3n) is 10.1. The van der Waals surface area contributed by atoms with Gasteiger partial charge in [-0.1, -0.05) is 12.1 Å². The number of aliphatic hydroxyl groups is 2. The number of carbonyl (C=O) groups is 2. The summed E-state index contributed by atoms with van der Waals surface area (Å²) in [5.41, 5.74) is 3.61. The minimum Gasteiger partial charge on any atom is -0.507 e. The van der Waals surface area contributed by atoms with Crippen molar-refractivity contribution in [3.8, 4) is 17.2 Å². The quantitative estimate of drug-likeness (QED) is 0.232. The number of ether oxygens (including phenoxy) is 6. The fourth-order valence-electron chi connectivity index (χ4n) is 7.81. The number of nitrogens with zero attached hydrogens (tertiary/aromatic N) is 1. The molecule has 6 N–H and O–H groups in total. The number of morpholine rings is 1. The molecule has 0 unspecified atom stereocenters. The number of hydrogen-bond acceptors (Lipinski definition) is 14. The second-order valence-corrected chi connectivity index (χ2v) is 12.6. The summed E-state index contributed by atoms with van der Waals surface area (Å²) < 4.78 is 35.6. The van der Waals surface area contributed by atoms with Crippen molar-refractivity contribution in [2.75, 3.05) is 34.0 Å². The zero-order chi connectivity index (χ0) is 32.7. The number of benzene rings is 2. The van der Waals surface area contributed by atoms with Crippen LogP contribution in [0.2, 0.25) is 0 Å². The van der Waals surface area contributed by atoms with Crippen LogP contribution in [0.1, 0.15) is 68.8 Å². The Balaban J connectivity index is 1.29. The number of rotatable bonds is 6. The lowest BCUT2D eigenvalue weighted by Crippen LogP contribution is -2.56. The van der Waals surface area contributed by atoms with E-state index in [4.69, 9.17) is 34.2 Å². The fraction of sp³-hybridized carbons (Fsp3) is 0.562. The average molecular weight is 643 g/mol. The lowest BCUT2D eigenvalue weighted by molar-refractivity contribution is -0.256. The van der Waals surface area contributed by atoms with Gasteiger partial charge in [0, 0.05) is 55.6 Å². The van der Waals surface area contributed by atoms with Crippen molar-refractivity contribution in [3.05, 3.63) is 51.6 Å². The second kappa shape index (κ2) is 11.5. The largest absolute Gasteiger partial charge is 0.507 e. The van der Waals surface area contributed by atoms with Crippen LogP contribution in [0.15, 0.2) is 18.2 Å². The van der Waals surface area contributed by atoms with Crippen molar-refractivity contribution in [3.63, 3.8) is 0 Å². The van der Waals surface area contributed by atoms with E-state index in [2.05, 4.69) is 4.90 Å². The van der Waals surface area contributed by atoms with Gasteiger partial charge in [-0.05, 0) is 13.0 Å². The van der Waals surface area contributed by atoms with E-state index >= 15 is 0 Å². The Morgan fingerprint density at radius 3 is 2.59 bits per heavy atom. The van der Waals surface area contributed by atoms with Crippen molar-refractivity contribution in [2.24, 2.45) is 5.73 Å². The molecule has 0 spiro atoms. The van der Waals surface area contributed by atoms with E-state index in [1.165, 1.54) is 19.2 Å².